The summed E-state index contributed by atoms with van der Waals surface area (Å²) in [5.41, 5.74) is 2.45. The molecule has 1 N–H and O–H groups in total. The van der Waals surface area contributed by atoms with Gasteiger partial charge in [-0.2, -0.15) is 0 Å². The van der Waals surface area contributed by atoms with E-state index in [9.17, 15) is 8.42 Å². The lowest BCUT2D eigenvalue weighted by Gasteiger charge is -2.28. The van der Waals surface area contributed by atoms with Crippen LogP contribution in [0.25, 0.3) is 22.2 Å². The Morgan fingerprint density at radius 1 is 1.16 bits per heavy atom. The standard InChI is InChI=1S/C17H18N4O3S/c1-25(22,23)17-19-15(11-16(20-17)21-7-9-24-10-8-21)12-3-2-4-14-13(12)5-6-18-14/h2-6,11,18H,7-10H2,1H3. The zero-order chi connectivity index (χ0) is 17.4. The van der Waals surface area contributed by atoms with Gasteiger partial charge in [-0.15, -0.1) is 0 Å². The third-order valence-corrected chi connectivity index (χ3v) is 5.08. The molecule has 7 nitrogen and oxygen atoms in total. The number of hydrogen-bond acceptors (Lipinski definition) is 6. The number of benzene rings is 1. The minimum absolute atomic E-state index is 0.154. The number of aromatic nitrogens is 3. The van der Waals surface area contributed by atoms with Gasteiger partial charge in [0.1, 0.15) is 5.82 Å². The van der Waals surface area contributed by atoms with Crippen molar-refractivity contribution in [1.82, 2.24) is 15.0 Å². The van der Waals surface area contributed by atoms with Crippen LogP contribution in [-0.4, -0.2) is 55.9 Å². The number of anilines is 1. The molecule has 0 amide bonds. The second kappa shape index (κ2) is 6.12. The summed E-state index contributed by atoms with van der Waals surface area (Å²) < 4.78 is 29.6. The van der Waals surface area contributed by atoms with E-state index in [4.69, 9.17) is 4.74 Å². The first-order valence-electron chi connectivity index (χ1n) is 8.01. The largest absolute Gasteiger partial charge is 0.378 e. The van der Waals surface area contributed by atoms with Crippen LogP contribution in [0, 0.1) is 0 Å². The highest BCUT2D eigenvalue weighted by atomic mass is 32.2. The van der Waals surface area contributed by atoms with Crippen molar-refractivity contribution in [3.63, 3.8) is 0 Å². The first-order chi connectivity index (χ1) is 12.0. The maximum absolute atomic E-state index is 12.1. The Morgan fingerprint density at radius 2 is 1.96 bits per heavy atom. The zero-order valence-corrected chi connectivity index (χ0v) is 14.6. The van der Waals surface area contributed by atoms with E-state index in [1.54, 1.807) is 0 Å². The molecule has 0 unspecified atom stereocenters. The van der Waals surface area contributed by atoms with Crippen molar-refractivity contribution in [2.45, 2.75) is 5.16 Å². The van der Waals surface area contributed by atoms with Crippen LogP contribution in [0.5, 0.6) is 0 Å². The van der Waals surface area contributed by atoms with Gasteiger partial charge in [-0.3, -0.25) is 0 Å². The second-order valence-corrected chi connectivity index (χ2v) is 7.92. The quantitative estimate of drug-likeness (QED) is 0.719. The highest BCUT2D eigenvalue weighted by molar-refractivity contribution is 7.90. The Bertz CT molecular complexity index is 1020. The monoisotopic (exact) mass is 358 g/mol. The number of hydrogen-bond donors (Lipinski definition) is 1. The van der Waals surface area contributed by atoms with Gasteiger partial charge in [-0.25, -0.2) is 18.4 Å². The summed E-state index contributed by atoms with van der Waals surface area (Å²) in [4.78, 5) is 13.8. The highest BCUT2D eigenvalue weighted by Gasteiger charge is 2.20. The van der Waals surface area contributed by atoms with Gasteiger partial charge in [-0.1, -0.05) is 12.1 Å². The molecule has 0 saturated carbocycles. The Balaban J connectivity index is 1.91. The molecule has 4 rings (SSSR count). The fourth-order valence-corrected chi connectivity index (χ4v) is 3.50. The number of morpholine rings is 1. The van der Waals surface area contributed by atoms with Crippen LogP contribution < -0.4 is 4.90 Å². The van der Waals surface area contributed by atoms with Crippen LogP contribution >= 0.6 is 0 Å². The minimum atomic E-state index is -3.52. The molecule has 0 atom stereocenters. The lowest BCUT2D eigenvalue weighted by atomic mass is 10.1. The zero-order valence-electron chi connectivity index (χ0n) is 13.8. The summed E-state index contributed by atoms with van der Waals surface area (Å²) in [6.07, 6.45) is 2.99. The first-order valence-corrected chi connectivity index (χ1v) is 9.90. The molecule has 130 valence electrons. The average molecular weight is 358 g/mol. The Hall–Kier alpha value is -2.45. The molecule has 3 aromatic rings. The van der Waals surface area contributed by atoms with Gasteiger partial charge in [-0.05, 0) is 12.1 Å². The molecular formula is C17H18N4O3S. The van der Waals surface area contributed by atoms with Crippen molar-refractivity contribution >= 4 is 26.6 Å². The van der Waals surface area contributed by atoms with E-state index in [0.717, 1.165) is 22.7 Å². The van der Waals surface area contributed by atoms with E-state index in [-0.39, 0.29) is 5.16 Å². The van der Waals surface area contributed by atoms with Crippen molar-refractivity contribution in [3.05, 3.63) is 36.5 Å². The number of aromatic amines is 1. The first kappa shape index (κ1) is 16.0. The van der Waals surface area contributed by atoms with E-state index >= 15 is 0 Å². The lowest BCUT2D eigenvalue weighted by Crippen LogP contribution is -2.37. The lowest BCUT2D eigenvalue weighted by molar-refractivity contribution is 0.122. The number of rotatable bonds is 3. The van der Waals surface area contributed by atoms with Crippen molar-refractivity contribution < 1.29 is 13.2 Å². The van der Waals surface area contributed by atoms with Crippen molar-refractivity contribution in [2.75, 3.05) is 37.5 Å². The number of H-pyrrole nitrogens is 1. The fourth-order valence-electron chi connectivity index (χ4n) is 2.98. The maximum Gasteiger partial charge on any atom is 0.249 e. The topological polar surface area (TPSA) is 88.2 Å². The Labute approximate surface area is 145 Å². The summed E-state index contributed by atoms with van der Waals surface area (Å²) in [5, 5.41) is 0.840. The van der Waals surface area contributed by atoms with Crippen LogP contribution in [0.1, 0.15) is 0 Å². The van der Waals surface area contributed by atoms with Crippen LogP contribution in [-0.2, 0) is 14.6 Å². The van der Waals surface area contributed by atoms with Gasteiger partial charge in [0.05, 0.1) is 18.9 Å². The van der Waals surface area contributed by atoms with E-state index in [1.807, 2.05) is 41.4 Å². The van der Waals surface area contributed by atoms with Crippen molar-refractivity contribution in [1.29, 1.82) is 0 Å². The van der Waals surface area contributed by atoms with E-state index in [0.29, 0.717) is 37.8 Å². The molecular weight excluding hydrogens is 340 g/mol. The molecule has 0 aliphatic carbocycles. The van der Waals surface area contributed by atoms with E-state index < -0.39 is 9.84 Å². The number of ether oxygens (including phenoxy) is 1. The van der Waals surface area contributed by atoms with Gasteiger partial charge in [0.2, 0.25) is 15.0 Å². The molecule has 8 heteroatoms. The third kappa shape index (κ3) is 3.10. The molecule has 0 bridgehead atoms. The van der Waals surface area contributed by atoms with E-state index in [2.05, 4.69) is 15.0 Å². The van der Waals surface area contributed by atoms with Crippen LogP contribution in [0.15, 0.2) is 41.7 Å². The van der Waals surface area contributed by atoms with Crippen LogP contribution in [0.4, 0.5) is 5.82 Å². The maximum atomic E-state index is 12.1. The third-order valence-electron chi connectivity index (χ3n) is 4.23. The average Bonchev–Trinajstić information content (AvgIpc) is 3.10. The normalized spacial score (nSPS) is 15.6. The Kier molecular flexibility index (Phi) is 3.93. The molecule has 25 heavy (non-hydrogen) atoms. The predicted molar refractivity (Wildman–Crippen MR) is 95.5 cm³/mol. The summed E-state index contributed by atoms with van der Waals surface area (Å²) in [7, 11) is -3.52. The molecule has 1 saturated heterocycles. The number of sulfone groups is 1. The van der Waals surface area contributed by atoms with Gasteiger partial charge >= 0.3 is 0 Å². The molecule has 2 aromatic heterocycles. The van der Waals surface area contributed by atoms with Gasteiger partial charge < -0.3 is 14.6 Å². The molecule has 1 aliphatic rings. The number of nitrogens with zero attached hydrogens (tertiary/aromatic N) is 3. The van der Waals surface area contributed by atoms with Crippen molar-refractivity contribution in [2.24, 2.45) is 0 Å². The van der Waals surface area contributed by atoms with Gasteiger partial charge in [0.15, 0.2) is 0 Å². The SMILES string of the molecule is CS(=O)(=O)c1nc(-c2cccc3[nH]ccc23)cc(N2CCOCC2)n1. The summed E-state index contributed by atoms with van der Waals surface area (Å²) in [6.45, 7) is 2.55. The summed E-state index contributed by atoms with van der Waals surface area (Å²) in [5.74, 6) is 0.612. The number of nitrogens with one attached hydrogen (secondary N) is 1. The highest BCUT2D eigenvalue weighted by Crippen LogP contribution is 2.29. The van der Waals surface area contributed by atoms with Crippen LogP contribution in [0.3, 0.4) is 0 Å². The minimum Gasteiger partial charge on any atom is -0.378 e. The van der Waals surface area contributed by atoms with Crippen LogP contribution in [0.2, 0.25) is 0 Å². The molecule has 1 aliphatic heterocycles. The molecule has 0 radical (unpaired) electrons. The summed E-state index contributed by atoms with van der Waals surface area (Å²) in [6, 6.07) is 9.64. The van der Waals surface area contributed by atoms with Crippen molar-refractivity contribution in [3.8, 4) is 11.3 Å². The number of fused-ring (bicyclic) bond motifs is 1. The van der Waals surface area contributed by atoms with E-state index in [1.165, 1.54) is 0 Å². The molecule has 3 heterocycles. The molecule has 1 fully saturated rings. The second-order valence-electron chi connectivity index (χ2n) is 6.01. The predicted octanol–water partition coefficient (Wildman–Crippen LogP) is 1.86. The smallest absolute Gasteiger partial charge is 0.249 e. The van der Waals surface area contributed by atoms with Gasteiger partial charge in [0.25, 0.3) is 0 Å². The molecule has 0 spiro atoms. The van der Waals surface area contributed by atoms with Gasteiger partial charge in [0, 0.05) is 48.1 Å². The fraction of sp³-hybridized carbons (Fsp3) is 0.294. The summed E-state index contributed by atoms with van der Waals surface area (Å²) >= 11 is 0. The molecule has 1 aromatic carbocycles. The Morgan fingerprint density at radius 3 is 2.72 bits per heavy atom.